The number of nitrogens with one attached hydrogen (secondary N) is 1. The Hall–Kier alpha value is -4.90. The third-order valence-corrected chi connectivity index (χ3v) is 8.81. The Balaban J connectivity index is 1.14. The van der Waals surface area contributed by atoms with Gasteiger partial charge in [-0.05, 0) is 55.4 Å². The maximum Gasteiger partial charge on any atom is 0.410 e. The summed E-state index contributed by atoms with van der Waals surface area (Å²) in [4.78, 5) is 55.7. The molecule has 0 radical (unpaired) electrons. The minimum atomic E-state index is -0.908. The summed E-state index contributed by atoms with van der Waals surface area (Å²) in [6.45, 7) is 3.18. The van der Waals surface area contributed by atoms with Crippen molar-refractivity contribution in [2.75, 3.05) is 37.7 Å². The molecule has 0 bridgehead atoms. The number of hydrogen-bond donors (Lipinski definition) is 1. The van der Waals surface area contributed by atoms with E-state index in [1.165, 1.54) is 4.90 Å². The molecule has 1 saturated heterocycles. The molecule has 2 atom stereocenters. The first-order valence-corrected chi connectivity index (χ1v) is 17.0. The van der Waals surface area contributed by atoms with E-state index in [1.807, 2.05) is 60.7 Å². The van der Waals surface area contributed by atoms with Gasteiger partial charge < -0.3 is 23.8 Å². The second-order valence-electron chi connectivity index (χ2n) is 12.3. The zero-order valence-corrected chi connectivity index (χ0v) is 28.0. The number of carbonyl (C=O) groups is 4. The molecule has 3 aromatic carbocycles. The molecule has 2 heterocycles. The second-order valence-corrected chi connectivity index (χ2v) is 12.3. The highest BCUT2D eigenvalue weighted by Gasteiger charge is 2.36. The molecule has 0 aliphatic carbocycles. The van der Waals surface area contributed by atoms with Gasteiger partial charge in [0.2, 0.25) is 5.91 Å². The lowest BCUT2D eigenvalue weighted by Gasteiger charge is -2.31. The molecule has 1 fully saturated rings. The van der Waals surface area contributed by atoms with Gasteiger partial charge in [0.1, 0.15) is 44.2 Å². The summed E-state index contributed by atoms with van der Waals surface area (Å²) in [6, 6.07) is 24.3. The molecule has 2 amide bonds. The molecular formula is C38H45N3O8. The van der Waals surface area contributed by atoms with E-state index in [4.69, 9.17) is 18.9 Å². The monoisotopic (exact) mass is 671 g/mol. The molecule has 2 aliphatic rings. The Morgan fingerprint density at radius 2 is 1.49 bits per heavy atom. The van der Waals surface area contributed by atoms with Crippen LogP contribution in [0.2, 0.25) is 0 Å². The van der Waals surface area contributed by atoms with Crippen molar-refractivity contribution in [2.24, 2.45) is 5.92 Å². The second kappa shape index (κ2) is 18.0. The molecule has 260 valence electrons. The molecular weight excluding hydrogens is 626 g/mol. The summed E-state index contributed by atoms with van der Waals surface area (Å²) in [5.41, 5.74) is 2.24. The molecule has 5 rings (SSSR count). The standard InChI is InChI=1S/C38H45N3O8/c1-2-46-37(44)31(17-11-16-28-20-22-40(23-21-28)38(45)49-26-30-14-7-4-8-15-30)39-32-27-47-34-19-10-9-18-33(34)41(36(32)43)24-35(42)48-25-29-12-5-3-6-13-29/h3-10,12-15,18-19,28,31-32,39H,2,11,16-17,20-27H2,1H3/t31-,32?/m0/s1. The average Bonchev–Trinajstić information content (AvgIpc) is 3.26. The highest BCUT2D eigenvalue weighted by atomic mass is 16.6. The number of piperidine rings is 1. The number of fused-ring (bicyclic) bond motifs is 1. The highest BCUT2D eigenvalue weighted by Crippen LogP contribution is 2.31. The van der Waals surface area contributed by atoms with Crippen molar-refractivity contribution in [2.45, 2.75) is 64.3 Å². The molecule has 11 heteroatoms. The lowest BCUT2D eigenvalue weighted by atomic mass is 9.91. The van der Waals surface area contributed by atoms with E-state index >= 15 is 0 Å². The van der Waals surface area contributed by atoms with Crippen LogP contribution in [-0.2, 0) is 41.8 Å². The number of benzene rings is 3. The van der Waals surface area contributed by atoms with Gasteiger partial charge in [-0.2, -0.15) is 0 Å². The average molecular weight is 672 g/mol. The van der Waals surface area contributed by atoms with E-state index in [9.17, 15) is 19.2 Å². The minimum absolute atomic E-state index is 0.0276. The Morgan fingerprint density at radius 1 is 0.857 bits per heavy atom. The molecule has 11 nitrogen and oxygen atoms in total. The maximum atomic E-state index is 13.9. The van der Waals surface area contributed by atoms with Crippen LogP contribution in [0.25, 0.3) is 0 Å². The van der Waals surface area contributed by atoms with Crippen molar-refractivity contribution in [3.8, 4) is 5.75 Å². The normalized spacial score (nSPS) is 16.9. The van der Waals surface area contributed by atoms with Crippen molar-refractivity contribution in [3.63, 3.8) is 0 Å². The molecule has 2 aliphatic heterocycles. The van der Waals surface area contributed by atoms with Crippen molar-refractivity contribution in [1.29, 1.82) is 0 Å². The van der Waals surface area contributed by atoms with Crippen LogP contribution in [0.1, 0.15) is 50.2 Å². The number of likely N-dealkylation sites (tertiary alicyclic amines) is 1. The summed E-state index contributed by atoms with van der Waals surface area (Å²) in [5.74, 6) is -0.552. The lowest BCUT2D eigenvalue weighted by molar-refractivity contribution is -0.147. The van der Waals surface area contributed by atoms with Crippen LogP contribution in [-0.4, -0.2) is 73.8 Å². The van der Waals surface area contributed by atoms with Crippen LogP contribution in [0.4, 0.5) is 10.5 Å². The molecule has 3 aromatic rings. The van der Waals surface area contributed by atoms with Crippen LogP contribution < -0.4 is 15.0 Å². The van der Waals surface area contributed by atoms with E-state index in [0.29, 0.717) is 36.9 Å². The summed E-state index contributed by atoms with van der Waals surface area (Å²) < 4.78 is 22.4. The van der Waals surface area contributed by atoms with Gasteiger partial charge in [0.05, 0.1) is 12.3 Å². The zero-order valence-electron chi connectivity index (χ0n) is 28.0. The number of ether oxygens (including phenoxy) is 4. The number of carbonyl (C=O) groups excluding carboxylic acids is 4. The first-order chi connectivity index (χ1) is 23.9. The van der Waals surface area contributed by atoms with Gasteiger partial charge in [-0.3, -0.25) is 24.6 Å². The Bertz CT molecular complexity index is 1530. The lowest BCUT2D eigenvalue weighted by Crippen LogP contribution is -2.55. The van der Waals surface area contributed by atoms with Gasteiger partial charge in [0.25, 0.3) is 0 Å². The Morgan fingerprint density at radius 3 is 2.16 bits per heavy atom. The van der Waals surface area contributed by atoms with Crippen LogP contribution in [0.15, 0.2) is 84.9 Å². The van der Waals surface area contributed by atoms with Crippen molar-refractivity contribution in [3.05, 3.63) is 96.1 Å². The maximum absolute atomic E-state index is 13.9. The molecule has 0 spiro atoms. The first-order valence-electron chi connectivity index (χ1n) is 17.0. The summed E-state index contributed by atoms with van der Waals surface area (Å²) >= 11 is 0. The Kier molecular flexibility index (Phi) is 13.0. The van der Waals surface area contributed by atoms with Gasteiger partial charge in [-0.25, -0.2) is 4.79 Å². The van der Waals surface area contributed by atoms with Crippen LogP contribution in [0.3, 0.4) is 0 Å². The van der Waals surface area contributed by atoms with E-state index < -0.39 is 29.9 Å². The van der Waals surface area contributed by atoms with E-state index in [0.717, 1.165) is 36.8 Å². The molecule has 1 unspecified atom stereocenters. The van der Waals surface area contributed by atoms with E-state index in [-0.39, 0.29) is 39.1 Å². The largest absolute Gasteiger partial charge is 0.489 e. The fourth-order valence-corrected chi connectivity index (χ4v) is 6.13. The summed E-state index contributed by atoms with van der Waals surface area (Å²) in [6.07, 6.45) is 3.43. The van der Waals surface area contributed by atoms with Gasteiger partial charge in [-0.15, -0.1) is 0 Å². The van der Waals surface area contributed by atoms with Crippen molar-refractivity contribution < 1.29 is 38.1 Å². The number of hydrogen-bond acceptors (Lipinski definition) is 9. The number of esters is 2. The SMILES string of the molecule is CCOC(=O)[C@H](CCCC1CCN(C(=O)OCc2ccccc2)CC1)NC1COc2ccccc2N(CC(=O)OCc2ccccc2)C1=O. The number of rotatable bonds is 14. The van der Waals surface area contributed by atoms with Gasteiger partial charge in [-0.1, -0.05) is 85.6 Å². The quantitative estimate of drug-likeness (QED) is 0.181. The number of para-hydroxylation sites is 2. The molecule has 0 aromatic heterocycles. The molecule has 49 heavy (non-hydrogen) atoms. The van der Waals surface area contributed by atoms with Crippen LogP contribution >= 0.6 is 0 Å². The van der Waals surface area contributed by atoms with Gasteiger partial charge in [0.15, 0.2) is 0 Å². The van der Waals surface area contributed by atoms with Crippen LogP contribution in [0.5, 0.6) is 5.75 Å². The van der Waals surface area contributed by atoms with Crippen molar-refractivity contribution >= 4 is 29.6 Å². The minimum Gasteiger partial charge on any atom is -0.489 e. The smallest absolute Gasteiger partial charge is 0.410 e. The Labute approximate surface area is 287 Å². The first kappa shape index (κ1) is 35.4. The van der Waals surface area contributed by atoms with Crippen molar-refractivity contribution in [1.82, 2.24) is 10.2 Å². The van der Waals surface area contributed by atoms with Gasteiger partial charge >= 0.3 is 18.0 Å². The third-order valence-electron chi connectivity index (χ3n) is 8.81. The highest BCUT2D eigenvalue weighted by molar-refractivity contribution is 6.02. The predicted octanol–water partition coefficient (Wildman–Crippen LogP) is 5.26. The van der Waals surface area contributed by atoms with E-state index in [2.05, 4.69) is 5.32 Å². The topological polar surface area (TPSA) is 124 Å². The number of amides is 2. The fraction of sp³-hybridized carbons (Fsp3) is 0.421. The molecule has 1 N–H and O–H groups in total. The van der Waals surface area contributed by atoms with Crippen LogP contribution in [0, 0.1) is 5.92 Å². The predicted molar refractivity (Wildman–Crippen MR) is 183 cm³/mol. The summed E-state index contributed by atoms with van der Waals surface area (Å²) in [5, 5.41) is 3.20. The fourth-order valence-electron chi connectivity index (χ4n) is 6.13. The van der Waals surface area contributed by atoms with Gasteiger partial charge in [0, 0.05) is 13.1 Å². The molecule has 0 saturated carbocycles. The third kappa shape index (κ3) is 10.3. The summed E-state index contributed by atoms with van der Waals surface area (Å²) in [7, 11) is 0. The number of anilines is 1. The van der Waals surface area contributed by atoms with E-state index in [1.54, 1.807) is 36.1 Å². The zero-order chi connectivity index (χ0) is 34.4. The number of nitrogens with zero attached hydrogens (tertiary/aromatic N) is 2.